The lowest BCUT2D eigenvalue weighted by Crippen LogP contribution is -2.24. The first-order chi connectivity index (χ1) is 8.58. The fourth-order valence-electron chi connectivity index (χ4n) is 1.22. The van der Waals surface area contributed by atoms with Gasteiger partial charge in [-0.3, -0.25) is 4.79 Å². The van der Waals surface area contributed by atoms with E-state index in [2.05, 4.69) is 30.9 Å². The first-order valence-corrected chi connectivity index (χ1v) is 5.61. The van der Waals surface area contributed by atoms with Crippen molar-refractivity contribution < 1.29 is 14.7 Å². The summed E-state index contributed by atoms with van der Waals surface area (Å²) in [4.78, 5) is 26.5. The van der Waals surface area contributed by atoms with Gasteiger partial charge < -0.3 is 10.4 Å². The summed E-state index contributed by atoms with van der Waals surface area (Å²) in [6.45, 7) is 1.72. The number of nitrogens with one attached hydrogen (secondary N) is 2. The van der Waals surface area contributed by atoms with Crippen molar-refractivity contribution in [3.8, 4) is 0 Å². The Hall–Kier alpha value is -2.36. The minimum atomic E-state index is -1.03. The Kier molecular flexibility index (Phi) is 3.28. The minimum absolute atomic E-state index is 0.0817. The van der Waals surface area contributed by atoms with Crippen LogP contribution in [-0.4, -0.2) is 42.6 Å². The third kappa shape index (κ3) is 2.48. The van der Waals surface area contributed by atoms with Crippen LogP contribution in [0.1, 0.15) is 31.0 Å². The van der Waals surface area contributed by atoms with E-state index in [4.69, 9.17) is 5.11 Å². The number of carboxylic acids is 1. The number of aromatic nitrogens is 5. The van der Waals surface area contributed by atoms with E-state index < -0.39 is 11.9 Å². The molecule has 0 aliphatic heterocycles. The zero-order valence-electron chi connectivity index (χ0n) is 9.17. The topological polar surface area (TPSA) is 134 Å². The third-order valence-corrected chi connectivity index (χ3v) is 3.13. The molecule has 10 heteroatoms. The highest BCUT2D eigenvalue weighted by atomic mass is 32.1. The van der Waals surface area contributed by atoms with Gasteiger partial charge in [-0.1, -0.05) is 0 Å². The molecule has 18 heavy (non-hydrogen) atoms. The van der Waals surface area contributed by atoms with E-state index >= 15 is 0 Å². The molecular weight excluding hydrogens is 260 g/mol. The quantitative estimate of drug-likeness (QED) is 0.686. The standard InChI is InChI=1S/C8H8N6O3S/c1-3-5(8(16)17)18-4(10-3)2-9-7(15)6-11-13-14-12-6/h2H2,1H3,(H,9,15)(H,16,17)(H,11,12,13,14). The largest absolute Gasteiger partial charge is 0.477 e. The molecule has 0 aliphatic rings. The summed E-state index contributed by atoms with van der Waals surface area (Å²) in [6.07, 6.45) is 0. The molecular formula is C8H8N6O3S. The molecule has 0 unspecified atom stereocenters. The lowest BCUT2D eigenvalue weighted by atomic mass is 10.4. The molecule has 0 atom stereocenters. The molecule has 0 aliphatic carbocycles. The lowest BCUT2D eigenvalue weighted by molar-refractivity contribution is 0.0701. The Morgan fingerprint density at radius 3 is 2.83 bits per heavy atom. The Morgan fingerprint density at radius 2 is 2.28 bits per heavy atom. The number of carboxylic acid groups (broad SMARTS) is 1. The van der Waals surface area contributed by atoms with Gasteiger partial charge in [-0.25, -0.2) is 9.78 Å². The summed E-state index contributed by atoms with van der Waals surface area (Å²) in [5.41, 5.74) is 0.427. The average molecular weight is 268 g/mol. The molecule has 0 fully saturated rings. The van der Waals surface area contributed by atoms with Crippen LogP contribution in [0, 0.1) is 6.92 Å². The summed E-state index contributed by atoms with van der Waals surface area (Å²) in [5, 5.41) is 24.3. The van der Waals surface area contributed by atoms with Crippen LogP contribution in [0.5, 0.6) is 0 Å². The molecule has 2 rings (SSSR count). The average Bonchev–Trinajstić information content (AvgIpc) is 2.94. The molecule has 0 spiro atoms. The maximum atomic E-state index is 11.5. The van der Waals surface area contributed by atoms with E-state index in [0.29, 0.717) is 10.7 Å². The number of carbonyl (C=O) groups is 2. The van der Waals surface area contributed by atoms with E-state index in [1.807, 2.05) is 0 Å². The number of aryl methyl sites for hydroxylation is 1. The fourth-order valence-corrected chi connectivity index (χ4v) is 2.06. The van der Waals surface area contributed by atoms with Gasteiger partial charge >= 0.3 is 5.97 Å². The van der Waals surface area contributed by atoms with Crippen molar-refractivity contribution in [3.63, 3.8) is 0 Å². The number of hydrogen-bond acceptors (Lipinski definition) is 7. The van der Waals surface area contributed by atoms with Crippen molar-refractivity contribution in [2.24, 2.45) is 0 Å². The van der Waals surface area contributed by atoms with Crippen molar-refractivity contribution >= 4 is 23.2 Å². The molecule has 0 saturated heterocycles. The van der Waals surface area contributed by atoms with Crippen LogP contribution in [0.4, 0.5) is 0 Å². The number of tetrazole rings is 1. The summed E-state index contributed by atoms with van der Waals surface area (Å²) in [7, 11) is 0. The zero-order chi connectivity index (χ0) is 13.1. The molecule has 0 aromatic carbocycles. The molecule has 0 radical (unpaired) electrons. The fraction of sp³-hybridized carbons (Fsp3) is 0.250. The maximum Gasteiger partial charge on any atom is 0.347 e. The Morgan fingerprint density at radius 1 is 1.50 bits per heavy atom. The summed E-state index contributed by atoms with van der Waals surface area (Å²) >= 11 is 1.02. The van der Waals surface area contributed by atoms with Gasteiger partial charge in [0.15, 0.2) is 0 Å². The molecule has 94 valence electrons. The second kappa shape index (κ2) is 4.87. The second-order valence-electron chi connectivity index (χ2n) is 3.25. The van der Waals surface area contributed by atoms with Crippen LogP contribution in [-0.2, 0) is 6.54 Å². The second-order valence-corrected chi connectivity index (χ2v) is 4.33. The number of aromatic carboxylic acids is 1. The normalized spacial score (nSPS) is 10.3. The van der Waals surface area contributed by atoms with E-state index in [1.165, 1.54) is 0 Å². The minimum Gasteiger partial charge on any atom is -0.477 e. The molecule has 0 saturated carbocycles. The van der Waals surface area contributed by atoms with E-state index in [9.17, 15) is 9.59 Å². The van der Waals surface area contributed by atoms with Crippen LogP contribution >= 0.6 is 11.3 Å². The summed E-state index contributed by atoms with van der Waals surface area (Å²) in [5.74, 6) is -1.61. The predicted molar refractivity (Wildman–Crippen MR) is 59.2 cm³/mol. The number of aromatic amines is 1. The Labute approximate surface area is 104 Å². The van der Waals surface area contributed by atoms with Crippen LogP contribution in [0.2, 0.25) is 0 Å². The van der Waals surface area contributed by atoms with E-state index in [-0.39, 0.29) is 17.2 Å². The molecule has 9 nitrogen and oxygen atoms in total. The van der Waals surface area contributed by atoms with Crippen molar-refractivity contribution in [1.82, 2.24) is 30.9 Å². The summed E-state index contributed by atoms with van der Waals surface area (Å²) < 4.78 is 0. The van der Waals surface area contributed by atoms with Crippen molar-refractivity contribution in [3.05, 3.63) is 21.4 Å². The lowest BCUT2D eigenvalue weighted by Gasteiger charge is -1.97. The molecule has 2 heterocycles. The SMILES string of the molecule is Cc1nc(CNC(=O)c2nn[nH]n2)sc1C(=O)O. The van der Waals surface area contributed by atoms with Crippen molar-refractivity contribution in [2.45, 2.75) is 13.5 Å². The molecule has 1 amide bonds. The maximum absolute atomic E-state index is 11.5. The van der Waals surface area contributed by atoms with Gasteiger partial charge in [-0.05, 0) is 12.1 Å². The van der Waals surface area contributed by atoms with Gasteiger partial charge in [-0.15, -0.1) is 21.5 Å². The summed E-state index contributed by atoms with van der Waals surface area (Å²) in [6, 6.07) is 0. The van der Waals surface area contributed by atoms with E-state index in [0.717, 1.165) is 11.3 Å². The van der Waals surface area contributed by atoms with Gasteiger partial charge in [0.25, 0.3) is 11.7 Å². The van der Waals surface area contributed by atoms with Gasteiger partial charge in [0.2, 0.25) is 0 Å². The number of amides is 1. The molecule has 3 N–H and O–H groups in total. The monoisotopic (exact) mass is 268 g/mol. The zero-order valence-corrected chi connectivity index (χ0v) is 9.98. The first-order valence-electron chi connectivity index (χ1n) is 4.79. The highest BCUT2D eigenvalue weighted by Gasteiger charge is 2.15. The first kappa shape index (κ1) is 12.1. The number of nitrogens with zero attached hydrogens (tertiary/aromatic N) is 4. The number of rotatable bonds is 4. The number of hydrogen-bond donors (Lipinski definition) is 3. The highest BCUT2D eigenvalue weighted by molar-refractivity contribution is 7.13. The van der Waals surface area contributed by atoms with Gasteiger partial charge in [-0.2, -0.15) is 5.21 Å². The van der Waals surface area contributed by atoms with Crippen molar-refractivity contribution in [2.75, 3.05) is 0 Å². The molecule has 0 bridgehead atoms. The van der Waals surface area contributed by atoms with Crippen molar-refractivity contribution in [1.29, 1.82) is 0 Å². The Bertz CT molecular complexity index is 578. The predicted octanol–water partition coefficient (Wildman–Crippen LogP) is -0.407. The number of H-pyrrole nitrogens is 1. The van der Waals surface area contributed by atoms with Gasteiger partial charge in [0, 0.05) is 0 Å². The molecule has 2 aromatic heterocycles. The van der Waals surface area contributed by atoms with Crippen LogP contribution < -0.4 is 5.32 Å². The highest BCUT2D eigenvalue weighted by Crippen LogP contribution is 2.17. The van der Waals surface area contributed by atoms with Crippen LogP contribution in [0.3, 0.4) is 0 Å². The number of carbonyl (C=O) groups excluding carboxylic acids is 1. The third-order valence-electron chi connectivity index (χ3n) is 1.98. The smallest absolute Gasteiger partial charge is 0.347 e. The van der Waals surface area contributed by atoms with Gasteiger partial charge in [0.05, 0.1) is 12.2 Å². The van der Waals surface area contributed by atoms with Crippen LogP contribution in [0.15, 0.2) is 0 Å². The molecule has 2 aromatic rings. The van der Waals surface area contributed by atoms with Gasteiger partial charge in [0.1, 0.15) is 9.88 Å². The van der Waals surface area contributed by atoms with E-state index in [1.54, 1.807) is 6.92 Å². The Balaban J connectivity index is 2.01. The van der Waals surface area contributed by atoms with Crippen LogP contribution in [0.25, 0.3) is 0 Å². The number of thiazole rings is 1.